The first-order chi connectivity index (χ1) is 7.20. The summed E-state index contributed by atoms with van der Waals surface area (Å²) in [5.41, 5.74) is 5.15. The predicted molar refractivity (Wildman–Crippen MR) is 59.4 cm³/mol. The van der Waals surface area contributed by atoms with Crippen LogP contribution in [0.25, 0.3) is 0 Å². The summed E-state index contributed by atoms with van der Waals surface area (Å²) in [7, 11) is 0. The number of carbonyl (C=O) groups excluding carboxylic acids is 1. The smallest absolute Gasteiger partial charge is 0.239 e. The Kier molecular flexibility index (Phi) is 2.98. The Bertz CT molecular complexity index is 256. The lowest BCUT2D eigenvalue weighted by Crippen LogP contribution is -2.63. The summed E-state index contributed by atoms with van der Waals surface area (Å²) in [4.78, 5) is 14.1. The van der Waals surface area contributed by atoms with Crippen molar-refractivity contribution in [2.45, 2.75) is 44.2 Å². The molecular formula is C11H21N3O. The number of likely N-dealkylation sites (N-methyl/N-ethyl adjacent to an activating group) is 1. The molecule has 2 rings (SSSR count). The van der Waals surface area contributed by atoms with E-state index in [1.807, 2.05) is 6.92 Å². The Morgan fingerprint density at radius 3 is 3.00 bits per heavy atom. The molecule has 2 heterocycles. The van der Waals surface area contributed by atoms with Gasteiger partial charge in [0.25, 0.3) is 0 Å². The molecule has 4 nitrogen and oxygen atoms in total. The summed E-state index contributed by atoms with van der Waals surface area (Å²) in [6.45, 7) is 5.00. The molecule has 1 amide bonds. The summed E-state index contributed by atoms with van der Waals surface area (Å²) in [6.07, 6.45) is 4.47. The lowest BCUT2D eigenvalue weighted by atomic mass is 9.84. The van der Waals surface area contributed by atoms with E-state index in [-0.39, 0.29) is 5.91 Å². The minimum atomic E-state index is -0.449. The number of nitrogens with two attached hydrogens (primary N) is 1. The maximum absolute atomic E-state index is 11.7. The number of hydrogen-bond acceptors (Lipinski definition) is 3. The van der Waals surface area contributed by atoms with Gasteiger partial charge in [0.15, 0.2) is 0 Å². The molecule has 0 spiro atoms. The van der Waals surface area contributed by atoms with E-state index < -0.39 is 5.54 Å². The summed E-state index contributed by atoms with van der Waals surface area (Å²) < 4.78 is 0. The molecule has 2 saturated heterocycles. The first kappa shape index (κ1) is 10.9. The second-order valence-corrected chi connectivity index (χ2v) is 4.66. The third-order valence-corrected chi connectivity index (χ3v) is 3.91. The van der Waals surface area contributed by atoms with Gasteiger partial charge in [-0.3, -0.25) is 9.69 Å². The van der Waals surface area contributed by atoms with Gasteiger partial charge in [-0.2, -0.15) is 0 Å². The molecule has 2 aliphatic heterocycles. The molecule has 0 radical (unpaired) electrons. The van der Waals surface area contributed by atoms with E-state index in [9.17, 15) is 4.79 Å². The van der Waals surface area contributed by atoms with Crippen LogP contribution in [0.4, 0.5) is 0 Å². The fraction of sp³-hybridized carbons (Fsp3) is 0.909. The Morgan fingerprint density at radius 2 is 2.33 bits per heavy atom. The molecule has 2 atom stereocenters. The molecule has 2 fully saturated rings. The van der Waals surface area contributed by atoms with Crippen molar-refractivity contribution in [1.29, 1.82) is 0 Å². The van der Waals surface area contributed by atoms with Crippen LogP contribution >= 0.6 is 0 Å². The Hall–Kier alpha value is -0.610. The third kappa shape index (κ3) is 1.66. The van der Waals surface area contributed by atoms with Crippen LogP contribution in [0.3, 0.4) is 0 Å². The van der Waals surface area contributed by atoms with E-state index in [1.54, 1.807) is 0 Å². The first-order valence-corrected chi connectivity index (χ1v) is 5.99. The molecule has 0 aromatic heterocycles. The zero-order valence-corrected chi connectivity index (χ0v) is 9.46. The highest BCUT2D eigenvalue weighted by atomic mass is 16.1. The van der Waals surface area contributed by atoms with Crippen molar-refractivity contribution >= 4 is 5.91 Å². The molecular weight excluding hydrogens is 190 g/mol. The van der Waals surface area contributed by atoms with Crippen LogP contribution in [0, 0.1) is 0 Å². The Morgan fingerprint density at radius 1 is 1.53 bits per heavy atom. The highest BCUT2D eigenvalue weighted by Gasteiger charge is 2.51. The van der Waals surface area contributed by atoms with E-state index in [0.717, 1.165) is 32.5 Å². The molecule has 0 aromatic rings. The third-order valence-electron chi connectivity index (χ3n) is 3.91. The number of amides is 1. The predicted octanol–water partition coefficient (Wildman–Crippen LogP) is 0.0782. The highest BCUT2D eigenvalue weighted by Crippen LogP contribution is 2.34. The quantitative estimate of drug-likeness (QED) is 0.695. The van der Waals surface area contributed by atoms with Crippen LogP contribution < -0.4 is 11.1 Å². The first-order valence-electron chi connectivity index (χ1n) is 5.99. The fourth-order valence-corrected chi connectivity index (χ4v) is 3.20. The monoisotopic (exact) mass is 211 g/mol. The largest absolute Gasteiger partial charge is 0.368 e. The molecule has 0 bridgehead atoms. The van der Waals surface area contributed by atoms with Crippen molar-refractivity contribution in [1.82, 2.24) is 10.2 Å². The van der Waals surface area contributed by atoms with E-state index in [0.29, 0.717) is 6.04 Å². The molecule has 0 aliphatic carbocycles. The van der Waals surface area contributed by atoms with Gasteiger partial charge in [0.05, 0.1) is 0 Å². The lowest BCUT2D eigenvalue weighted by Gasteiger charge is -2.39. The van der Waals surface area contributed by atoms with Crippen LogP contribution in [-0.4, -0.2) is 42.0 Å². The number of nitrogens with zero attached hydrogens (tertiary/aromatic N) is 1. The van der Waals surface area contributed by atoms with Crippen LogP contribution in [0.2, 0.25) is 0 Å². The summed E-state index contributed by atoms with van der Waals surface area (Å²) >= 11 is 0. The Labute approximate surface area is 91.2 Å². The van der Waals surface area contributed by atoms with Gasteiger partial charge in [0, 0.05) is 12.6 Å². The number of carbonyl (C=O) groups is 1. The van der Waals surface area contributed by atoms with Crippen molar-refractivity contribution in [2.75, 3.05) is 19.6 Å². The van der Waals surface area contributed by atoms with Gasteiger partial charge < -0.3 is 11.1 Å². The van der Waals surface area contributed by atoms with Gasteiger partial charge in [-0.15, -0.1) is 0 Å². The zero-order chi connectivity index (χ0) is 10.9. The van der Waals surface area contributed by atoms with Gasteiger partial charge in [-0.1, -0.05) is 13.3 Å². The second-order valence-electron chi connectivity index (χ2n) is 4.66. The average molecular weight is 211 g/mol. The standard InChI is InChI=1S/C11H21N3O/c1-2-13-11(10(12)15)6-8-14-7-4-3-5-9(11)14/h9,13H,2-8H2,1H3,(H2,12,15). The molecule has 86 valence electrons. The van der Waals surface area contributed by atoms with Gasteiger partial charge in [0.2, 0.25) is 5.91 Å². The van der Waals surface area contributed by atoms with Crippen molar-refractivity contribution in [3.63, 3.8) is 0 Å². The molecule has 0 saturated carbocycles. The SMILES string of the molecule is CCNC1(C(N)=O)CCN2CCCCC21. The van der Waals surface area contributed by atoms with Crippen molar-refractivity contribution in [3.05, 3.63) is 0 Å². The maximum Gasteiger partial charge on any atom is 0.239 e. The van der Waals surface area contributed by atoms with Gasteiger partial charge in [0.1, 0.15) is 5.54 Å². The molecule has 0 aromatic carbocycles. The summed E-state index contributed by atoms with van der Waals surface area (Å²) in [5.74, 6) is -0.168. The van der Waals surface area contributed by atoms with Crippen LogP contribution in [0.1, 0.15) is 32.6 Å². The fourth-order valence-electron chi connectivity index (χ4n) is 3.20. The molecule has 2 aliphatic rings. The highest BCUT2D eigenvalue weighted by molar-refractivity contribution is 5.86. The van der Waals surface area contributed by atoms with Crippen molar-refractivity contribution < 1.29 is 4.79 Å². The summed E-state index contributed by atoms with van der Waals surface area (Å²) in [6, 6.07) is 0.337. The van der Waals surface area contributed by atoms with Gasteiger partial charge in [-0.05, 0) is 32.4 Å². The number of fused-ring (bicyclic) bond motifs is 1. The number of rotatable bonds is 3. The molecule has 3 N–H and O–H groups in total. The van der Waals surface area contributed by atoms with E-state index in [2.05, 4.69) is 10.2 Å². The number of piperidine rings is 1. The van der Waals surface area contributed by atoms with Crippen LogP contribution in [0.5, 0.6) is 0 Å². The van der Waals surface area contributed by atoms with E-state index >= 15 is 0 Å². The molecule has 4 heteroatoms. The normalized spacial score (nSPS) is 36.5. The topological polar surface area (TPSA) is 58.4 Å². The minimum Gasteiger partial charge on any atom is -0.368 e. The van der Waals surface area contributed by atoms with Gasteiger partial charge >= 0.3 is 0 Å². The van der Waals surface area contributed by atoms with Gasteiger partial charge in [-0.25, -0.2) is 0 Å². The summed E-state index contributed by atoms with van der Waals surface area (Å²) in [5, 5.41) is 3.34. The lowest BCUT2D eigenvalue weighted by molar-refractivity contribution is -0.125. The number of nitrogens with one attached hydrogen (secondary N) is 1. The number of primary amides is 1. The number of hydrogen-bond donors (Lipinski definition) is 2. The zero-order valence-electron chi connectivity index (χ0n) is 9.46. The van der Waals surface area contributed by atoms with Crippen LogP contribution in [0.15, 0.2) is 0 Å². The average Bonchev–Trinajstić information content (AvgIpc) is 2.60. The molecule has 2 unspecified atom stereocenters. The Balaban J connectivity index is 2.20. The maximum atomic E-state index is 11.7. The van der Waals surface area contributed by atoms with E-state index in [1.165, 1.54) is 12.8 Å². The van der Waals surface area contributed by atoms with Crippen molar-refractivity contribution in [2.24, 2.45) is 5.73 Å². The van der Waals surface area contributed by atoms with E-state index in [4.69, 9.17) is 5.73 Å². The molecule has 15 heavy (non-hydrogen) atoms. The van der Waals surface area contributed by atoms with Crippen molar-refractivity contribution in [3.8, 4) is 0 Å². The minimum absolute atomic E-state index is 0.168. The van der Waals surface area contributed by atoms with Crippen LogP contribution in [-0.2, 0) is 4.79 Å². The second kappa shape index (κ2) is 4.10.